The lowest BCUT2D eigenvalue weighted by Gasteiger charge is -2.15. The standard InChI is InChI=1S/C14H23NO2.ClH/c1-10(2)15-9-12-6-7-13(17-11(3)4)14(8-12)16-5;/h6-8,10-11,15H,9H2,1-5H3;1H. The molecular weight excluding hydrogens is 250 g/mol. The highest BCUT2D eigenvalue weighted by molar-refractivity contribution is 5.85. The van der Waals surface area contributed by atoms with Crippen molar-refractivity contribution in [3.63, 3.8) is 0 Å². The number of rotatable bonds is 6. The van der Waals surface area contributed by atoms with Crippen molar-refractivity contribution in [3.8, 4) is 11.5 Å². The molecule has 0 atom stereocenters. The average molecular weight is 274 g/mol. The van der Waals surface area contributed by atoms with Crippen molar-refractivity contribution >= 4 is 12.4 Å². The lowest BCUT2D eigenvalue weighted by atomic mass is 10.2. The van der Waals surface area contributed by atoms with E-state index in [9.17, 15) is 0 Å². The molecule has 3 nitrogen and oxygen atoms in total. The summed E-state index contributed by atoms with van der Waals surface area (Å²) in [6.45, 7) is 9.12. The number of nitrogens with one attached hydrogen (secondary N) is 1. The molecule has 18 heavy (non-hydrogen) atoms. The Morgan fingerprint density at radius 2 is 1.78 bits per heavy atom. The van der Waals surface area contributed by atoms with Crippen molar-refractivity contribution < 1.29 is 9.47 Å². The van der Waals surface area contributed by atoms with E-state index >= 15 is 0 Å². The molecule has 0 aliphatic heterocycles. The van der Waals surface area contributed by atoms with Gasteiger partial charge in [-0.1, -0.05) is 19.9 Å². The summed E-state index contributed by atoms with van der Waals surface area (Å²) in [5.41, 5.74) is 1.20. The molecular formula is C14H24ClNO2. The Morgan fingerprint density at radius 3 is 2.28 bits per heavy atom. The van der Waals surface area contributed by atoms with Crippen molar-refractivity contribution in [2.24, 2.45) is 0 Å². The molecule has 0 aliphatic rings. The zero-order valence-corrected chi connectivity index (χ0v) is 12.6. The normalized spacial score (nSPS) is 10.4. The predicted molar refractivity (Wildman–Crippen MR) is 78.0 cm³/mol. The van der Waals surface area contributed by atoms with Gasteiger partial charge in [-0.3, -0.25) is 0 Å². The Labute approximate surface area is 116 Å². The second-order valence-electron chi connectivity index (χ2n) is 4.69. The van der Waals surface area contributed by atoms with E-state index in [-0.39, 0.29) is 18.5 Å². The molecule has 0 heterocycles. The van der Waals surface area contributed by atoms with Gasteiger partial charge in [0, 0.05) is 12.6 Å². The van der Waals surface area contributed by atoms with Crippen molar-refractivity contribution in [2.45, 2.75) is 46.4 Å². The smallest absolute Gasteiger partial charge is 0.161 e. The second-order valence-corrected chi connectivity index (χ2v) is 4.69. The van der Waals surface area contributed by atoms with Gasteiger partial charge in [0.05, 0.1) is 13.2 Å². The minimum Gasteiger partial charge on any atom is -0.493 e. The first-order chi connectivity index (χ1) is 8.02. The molecule has 0 radical (unpaired) electrons. The van der Waals surface area contributed by atoms with Crippen LogP contribution in [0.2, 0.25) is 0 Å². The molecule has 0 aromatic heterocycles. The summed E-state index contributed by atoms with van der Waals surface area (Å²) in [5.74, 6) is 1.59. The maximum Gasteiger partial charge on any atom is 0.161 e. The van der Waals surface area contributed by atoms with Crippen LogP contribution in [0.25, 0.3) is 0 Å². The quantitative estimate of drug-likeness (QED) is 0.862. The predicted octanol–water partition coefficient (Wildman–Crippen LogP) is 3.40. The molecule has 0 bridgehead atoms. The first-order valence-electron chi connectivity index (χ1n) is 6.10. The fraction of sp³-hybridized carbons (Fsp3) is 0.571. The highest BCUT2D eigenvalue weighted by Gasteiger charge is 2.07. The fourth-order valence-electron chi connectivity index (χ4n) is 1.50. The summed E-state index contributed by atoms with van der Waals surface area (Å²) < 4.78 is 11.0. The summed E-state index contributed by atoms with van der Waals surface area (Å²) in [6, 6.07) is 6.53. The van der Waals surface area contributed by atoms with Crippen LogP contribution in [0.4, 0.5) is 0 Å². The van der Waals surface area contributed by atoms with Crippen LogP contribution >= 0.6 is 12.4 Å². The SMILES string of the molecule is COc1cc(CNC(C)C)ccc1OC(C)C.Cl. The van der Waals surface area contributed by atoms with Gasteiger partial charge in [-0.15, -0.1) is 12.4 Å². The van der Waals surface area contributed by atoms with Gasteiger partial charge in [0.15, 0.2) is 11.5 Å². The van der Waals surface area contributed by atoms with Crippen molar-refractivity contribution in [1.29, 1.82) is 0 Å². The van der Waals surface area contributed by atoms with Gasteiger partial charge < -0.3 is 14.8 Å². The molecule has 1 aromatic rings. The van der Waals surface area contributed by atoms with Crippen LogP contribution in [0.5, 0.6) is 11.5 Å². The summed E-state index contributed by atoms with van der Waals surface area (Å²) in [5, 5.41) is 3.38. The number of ether oxygens (including phenoxy) is 2. The summed E-state index contributed by atoms with van der Waals surface area (Å²) >= 11 is 0. The van der Waals surface area contributed by atoms with Gasteiger partial charge in [0.2, 0.25) is 0 Å². The van der Waals surface area contributed by atoms with E-state index in [1.807, 2.05) is 26.0 Å². The number of hydrogen-bond acceptors (Lipinski definition) is 3. The highest BCUT2D eigenvalue weighted by atomic mass is 35.5. The van der Waals surface area contributed by atoms with Crippen LogP contribution in [0.3, 0.4) is 0 Å². The molecule has 0 unspecified atom stereocenters. The van der Waals surface area contributed by atoms with Crippen LogP contribution < -0.4 is 14.8 Å². The van der Waals surface area contributed by atoms with E-state index in [4.69, 9.17) is 9.47 Å². The van der Waals surface area contributed by atoms with E-state index < -0.39 is 0 Å². The van der Waals surface area contributed by atoms with Gasteiger partial charge in [-0.25, -0.2) is 0 Å². The second kappa shape index (κ2) is 8.22. The van der Waals surface area contributed by atoms with Crippen LogP contribution in [-0.2, 0) is 6.54 Å². The Balaban J connectivity index is 0.00000289. The maximum atomic E-state index is 5.67. The maximum absolute atomic E-state index is 5.67. The van der Waals surface area contributed by atoms with E-state index in [0.29, 0.717) is 6.04 Å². The summed E-state index contributed by atoms with van der Waals surface area (Å²) in [6.07, 6.45) is 0.156. The summed E-state index contributed by atoms with van der Waals surface area (Å²) in [4.78, 5) is 0. The molecule has 0 spiro atoms. The van der Waals surface area contributed by atoms with Gasteiger partial charge in [-0.2, -0.15) is 0 Å². The number of hydrogen-bond donors (Lipinski definition) is 1. The third-order valence-corrected chi connectivity index (χ3v) is 2.31. The lowest BCUT2D eigenvalue weighted by molar-refractivity contribution is 0.230. The molecule has 4 heteroatoms. The van der Waals surface area contributed by atoms with Gasteiger partial charge in [0.1, 0.15) is 0 Å². The van der Waals surface area contributed by atoms with Crippen LogP contribution in [0.1, 0.15) is 33.3 Å². The van der Waals surface area contributed by atoms with Crippen molar-refractivity contribution in [2.75, 3.05) is 7.11 Å². The van der Waals surface area contributed by atoms with Gasteiger partial charge in [0.25, 0.3) is 0 Å². The monoisotopic (exact) mass is 273 g/mol. The third-order valence-electron chi connectivity index (χ3n) is 2.31. The zero-order valence-electron chi connectivity index (χ0n) is 11.8. The van der Waals surface area contributed by atoms with Crippen molar-refractivity contribution in [1.82, 2.24) is 5.32 Å². The number of halogens is 1. The molecule has 0 saturated heterocycles. The summed E-state index contributed by atoms with van der Waals surface area (Å²) in [7, 11) is 1.67. The largest absolute Gasteiger partial charge is 0.493 e. The Hall–Kier alpha value is -0.930. The lowest BCUT2D eigenvalue weighted by Crippen LogP contribution is -2.21. The van der Waals surface area contributed by atoms with Gasteiger partial charge in [-0.05, 0) is 31.5 Å². The first kappa shape index (κ1) is 17.1. The number of benzene rings is 1. The van der Waals surface area contributed by atoms with Crippen LogP contribution in [-0.4, -0.2) is 19.3 Å². The van der Waals surface area contributed by atoms with E-state index in [0.717, 1.165) is 18.0 Å². The van der Waals surface area contributed by atoms with Gasteiger partial charge >= 0.3 is 0 Å². The highest BCUT2D eigenvalue weighted by Crippen LogP contribution is 2.28. The molecule has 0 aliphatic carbocycles. The van der Waals surface area contributed by atoms with E-state index in [2.05, 4.69) is 25.2 Å². The Kier molecular flexibility index (Phi) is 7.80. The van der Waals surface area contributed by atoms with Crippen LogP contribution in [0, 0.1) is 0 Å². The topological polar surface area (TPSA) is 30.5 Å². The Morgan fingerprint density at radius 1 is 1.11 bits per heavy atom. The molecule has 0 saturated carbocycles. The van der Waals surface area contributed by atoms with Crippen molar-refractivity contribution in [3.05, 3.63) is 23.8 Å². The Bertz CT molecular complexity index is 354. The molecule has 1 rings (SSSR count). The molecule has 0 amide bonds. The molecule has 0 fully saturated rings. The average Bonchev–Trinajstić information content (AvgIpc) is 2.26. The van der Waals surface area contributed by atoms with Crippen LogP contribution in [0.15, 0.2) is 18.2 Å². The van der Waals surface area contributed by atoms with E-state index in [1.54, 1.807) is 7.11 Å². The minimum absolute atomic E-state index is 0. The van der Waals surface area contributed by atoms with E-state index in [1.165, 1.54) is 5.56 Å². The molecule has 104 valence electrons. The third kappa shape index (κ3) is 5.61. The molecule has 1 aromatic carbocycles. The number of methoxy groups -OCH3 is 1. The first-order valence-corrected chi connectivity index (χ1v) is 6.10. The fourth-order valence-corrected chi connectivity index (χ4v) is 1.50. The zero-order chi connectivity index (χ0) is 12.8. The molecule has 1 N–H and O–H groups in total. The minimum atomic E-state index is 0.